The van der Waals surface area contributed by atoms with Gasteiger partial charge in [-0.25, -0.2) is 0 Å². The molecule has 188 valence electrons. The van der Waals surface area contributed by atoms with Gasteiger partial charge in [-0.1, -0.05) is 19.9 Å². The number of carbonyl (C=O) groups excluding carboxylic acids is 2. The van der Waals surface area contributed by atoms with Crippen LogP contribution in [-0.4, -0.2) is 72.6 Å². The molecular weight excluding hydrogens is 448 g/mol. The highest BCUT2D eigenvalue weighted by Gasteiger charge is 2.46. The molecule has 1 amide bonds. The van der Waals surface area contributed by atoms with Crippen molar-refractivity contribution in [2.24, 2.45) is 5.92 Å². The van der Waals surface area contributed by atoms with Gasteiger partial charge in [0.15, 0.2) is 11.5 Å². The molecule has 1 aliphatic rings. The topological polar surface area (TPSA) is 99.5 Å². The van der Waals surface area contributed by atoms with E-state index in [1.165, 1.54) is 18.1 Å². The van der Waals surface area contributed by atoms with Crippen molar-refractivity contribution in [3.05, 3.63) is 58.7 Å². The second-order valence-electron chi connectivity index (χ2n) is 9.41. The number of ether oxygens (including phenoxy) is 2. The van der Waals surface area contributed by atoms with E-state index in [0.29, 0.717) is 41.5 Å². The molecule has 0 radical (unpaired) electrons. The lowest BCUT2D eigenvalue weighted by molar-refractivity contribution is -0.140. The van der Waals surface area contributed by atoms with Gasteiger partial charge in [-0.05, 0) is 68.4 Å². The number of phenols is 1. The van der Waals surface area contributed by atoms with Crippen molar-refractivity contribution < 1.29 is 29.3 Å². The van der Waals surface area contributed by atoms with Gasteiger partial charge in [0.25, 0.3) is 11.7 Å². The molecule has 2 N–H and O–H groups in total. The first-order chi connectivity index (χ1) is 16.5. The third-order valence-corrected chi connectivity index (χ3v) is 5.88. The normalized spacial score (nSPS) is 17.5. The van der Waals surface area contributed by atoms with Gasteiger partial charge in [0.2, 0.25) is 0 Å². The summed E-state index contributed by atoms with van der Waals surface area (Å²) in [5, 5.41) is 21.4. The van der Waals surface area contributed by atoms with Crippen molar-refractivity contribution >= 4 is 17.4 Å². The van der Waals surface area contributed by atoms with Crippen molar-refractivity contribution in [1.82, 2.24) is 9.80 Å². The monoisotopic (exact) mass is 482 g/mol. The minimum Gasteiger partial charge on any atom is -0.507 e. The van der Waals surface area contributed by atoms with Crippen LogP contribution < -0.4 is 9.47 Å². The third-order valence-electron chi connectivity index (χ3n) is 5.88. The van der Waals surface area contributed by atoms with Gasteiger partial charge in [-0.3, -0.25) is 9.59 Å². The molecule has 0 aromatic heterocycles. The number of nitrogens with zero attached hydrogens (tertiary/aromatic N) is 2. The molecule has 0 bridgehead atoms. The number of aliphatic hydroxyl groups excluding tert-OH is 1. The Morgan fingerprint density at radius 2 is 1.86 bits per heavy atom. The van der Waals surface area contributed by atoms with Crippen LogP contribution in [0.1, 0.15) is 36.6 Å². The fourth-order valence-electron chi connectivity index (χ4n) is 4.03. The van der Waals surface area contributed by atoms with Gasteiger partial charge in [-0.2, -0.15) is 0 Å². The highest BCUT2D eigenvalue weighted by Crippen LogP contribution is 2.42. The third kappa shape index (κ3) is 5.59. The molecule has 8 heteroatoms. The van der Waals surface area contributed by atoms with Crippen molar-refractivity contribution in [2.45, 2.75) is 26.8 Å². The summed E-state index contributed by atoms with van der Waals surface area (Å²) in [6.07, 6.45) is 0. The van der Waals surface area contributed by atoms with Crippen molar-refractivity contribution in [1.29, 1.82) is 0 Å². The van der Waals surface area contributed by atoms with Crippen molar-refractivity contribution in [3.8, 4) is 17.2 Å². The lowest BCUT2D eigenvalue weighted by Crippen LogP contribution is -2.35. The number of carbonyl (C=O) groups is 2. The number of hydrogen-bond acceptors (Lipinski definition) is 7. The molecule has 0 saturated carbocycles. The van der Waals surface area contributed by atoms with E-state index in [-0.39, 0.29) is 29.4 Å². The molecule has 1 atom stereocenters. The van der Waals surface area contributed by atoms with E-state index in [9.17, 15) is 19.8 Å². The Morgan fingerprint density at radius 1 is 1.14 bits per heavy atom. The van der Waals surface area contributed by atoms with Crippen LogP contribution in [0, 0.1) is 12.8 Å². The first-order valence-corrected chi connectivity index (χ1v) is 11.6. The van der Waals surface area contributed by atoms with Crippen LogP contribution in [0.15, 0.2) is 42.0 Å². The fourth-order valence-corrected chi connectivity index (χ4v) is 4.03. The van der Waals surface area contributed by atoms with Crippen LogP contribution in [0.4, 0.5) is 0 Å². The molecule has 1 fully saturated rings. The van der Waals surface area contributed by atoms with Crippen LogP contribution >= 0.6 is 0 Å². The predicted octanol–water partition coefficient (Wildman–Crippen LogP) is 3.73. The number of methoxy groups -OCH3 is 1. The van der Waals surface area contributed by atoms with E-state index >= 15 is 0 Å². The molecule has 2 aromatic carbocycles. The highest BCUT2D eigenvalue weighted by atomic mass is 16.5. The van der Waals surface area contributed by atoms with Gasteiger partial charge < -0.3 is 29.5 Å². The molecule has 35 heavy (non-hydrogen) atoms. The second kappa shape index (κ2) is 10.8. The summed E-state index contributed by atoms with van der Waals surface area (Å²) in [6.45, 7) is 7.30. The number of amides is 1. The summed E-state index contributed by atoms with van der Waals surface area (Å²) in [4.78, 5) is 29.6. The van der Waals surface area contributed by atoms with E-state index in [1.807, 2.05) is 25.9 Å². The first-order valence-electron chi connectivity index (χ1n) is 11.6. The first kappa shape index (κ1) is 26.1. The van der Waals surface area contributed by atoms with Gasteiger partial charge in [0, 0.05) is 18.7 Å². The van der Waals surface area contributed by atoms with Gasteiger partial charge in [0.05, 0.1) is 25.3 Å². The van der Waals surface area contributed by atoms with Crippen LogP contribution in [-0.2, 0) is 9.59 Å². The van der Waals surface area contributed by atoms with Gasteiger partial charge in [-0.15, -0.1) is 0 Å². The van der Waals surface area contributed by atoms with E-state index < -0.39 is 17.7 Å². The Morgan fingerprint density at radius 3 is 2.46 bits per heavy atom. The zero-order valence-electron chi connectivity index (χ0n) is 21.2. The quantitative estimate of drug-likeness (QED) is 0.319. The predicted molar refractivity (Wildman–Crippen MR) is 134 cm³/mol. The second-order valence-corrected chi connectivity index (χ2v) is 9.41. The van der Waals surface area contributed by atoms with E-state index in [2.05, 4.69) is 13.8 Å². The van der Waals surface area contributed by atoms with Crippen molar-refractivity contribution in [2.75, 3.05) is 40.9 Å². The minimum atomic E-state index is -0.833. The Balaban J connectivity index is 2.12. The van der Waals surface area contributed by atoms with Crippen LogP contribution in [0.25, 0.3) is 5.76 Å². The maximum atomic E-state index is 13.2. The number of Topliss-reactive ketones (excluding diaryl/α,β-unsaturated/α-hetero) is 1. The summed E-state index contributed by atoms with van der Waals surface area (Å²) in [7, 11) is 5.18. The maximum absolute atomic E-state index is 13.2. The van der Waals surface area contributed by atoms with Crippen LogP contribution in [0.2, 0.25) is 0 Å². The molecule has 3 rings (SSSR count). The van der Waals surface area contributed by atoms with Gasteiger partial charge in [0.1, 0.15) is 11.5 Å². The fraction of sp³-hybridized carbons (Fsp3) is 0.407. The Bertz CT molecular complexity index is 1140. The lowest BCUT2D eigenvalue weighted by atomic mass is 9.93. The van der Waals surface area contributed by atoms with Crippen LogP contribution in [0.5, 0.6) is 17.2 Å². The number of phenolic OH excluding ortho intramolecular Hbond substituents is 1. The molecule has 1 aliphatic heterocycles. The Kier molecular flexibility index (Phi) is 8.07. The molecule has 2 aromatic rings. The number of ketones is 1. The molecule has 1 heterocycles. The number of aromatic hydroxyl groups is 1. The van der Waals surface area contributed by atoms with Crippen molar-refractivity contribution in [3.63, 3.8) is 0 Å². The molecule has 0 spiro atoms. The lowest BCUT2D eigenvalue weighted by Gasteiger charge is -2.27. The summed E-state index contributed by atoms with van der Waals surface area (Å²) in [6, 6.07) is 9.07. The standard InChI is InChI=1S/C27H34N2O6/c1-16(2)15-35-19-8-9-20(17(3)13-19)25(31)23-24(18-7-10-21(30)22(14-18)34-6)29(12-11-28(4)5)27(33)26(23)32/h7-10,13-14,16,24,30-31H,11-12,15H2,1-6H3. The number of aliphatic hydroxyl groups is 1. The summed E-state index contributed by atoms with van der Waals surface area (Å²) in [5.74, 6) is -0.501. The summed E-state index contributed by atoms with van der Waals surface area (Å²) >= 11 is 0. The van der Waals surface area contributed by atoms with E-state index in [1.54, 1.807) is 30.3 Å². The maximum Gasteiger partial charge on any atom is 0.295 e. The average Bonchev–Trinajstić information content (AvgIpc) is 3.06. The largest absolute Gasteiger partial charge is 0.507 e. The zero-order chi connectivity index (χ0) is 25.9. The van der Waals surface area contributed by atoms with E-state index in [0.717, 1.165) is 0 Å². The zero-order valence-corrected chi connectivity index (χ0v) is 21.2. The number of aryl methyl sites for hydroxylation is 1. The van der Waals surface area contributed by atoms with E-state index in [4.69, 9.17) is 9.47 Å². The molecule has 1 saturated heterocycles. The smallest absolute Gasteiger partial charge is 0.295 e. The van der Waals surface area contributed by atoms with Gasteiger partial charge >= 0.3 is 0 Å². The molecule has 0 aliphatic carbocycles. The molecule has 8 nitrogen and oxygen atoms in total. The summed E-state index contributed by atoms with van der Waals surface area (Å²) in [5.41, 5.74) is 1.71. The molecule has 1 unspecified atom stereocenters. The number of likely N-dealkylation sites (tertiary alicyclic amines) is 1. The Hall–Kier alpha value is -3.52. The highest BCUT2D eigenvalue weighted by molar-refractivity contribution is 6.46. The number of likely N-dealkylation sites (N-methyl/N-ethyl adjacent to an activating group) is 1. The number of rotatable bonds is 9. The SMILES string of the molecule is COc1cc(C2C(=C(O)c3ccc(OCC(C)C)cc3C)C(=O)C(=O)N2CCN(C)C)ccc1O. The average molecular weight is 483 g/mol. The minimum absolute atomic E-state index is 0.000415. The van der Waals surface area contributed by atoms with Crippen LogP contribution in [0.3, 0.4) is 0 Å². The Labute approximate surface area is 206 Å². The molecular formula is C27H34N2O6. The number of hydrogen-bond donors (Lipinski definition) is 2. The summed E-state index contributed by atoms with van der Waals surface area (Å²) < 4.78 is 11.0. The number of benzene rings is 2.